The van der Waals surface area contributed by atoms with Gasteiger partial charge in [0.05, 0.1) is 12.2 Å². The minimum atomic E-state index is -0.216. The zero-order chi connectivity index (χ0) is 11.5. The summed E-state index contributed by atoms with van der Waals surface area (Å²) in [5.41, 5.74) is 1.72. The van der Waals surface area contributed by atoms with Crippen LogP contribution < -0.4 is 0 Å². The van der Waals surface area contributed by atoms with Crippen LogP contribution in [0.4, 0.5) is 0 Å². The monoisotopic (exact) mass is 234 g/mol. The number of esters is 1. The Balaban J connectivity index is 2.46. The highest BCUT2D eigenvalue weighted by molar-refractivity contribution is 8.18. The number of hydrogen-bond acceptors (Lipinski definition) is 2. The van der Waals surface area contributed by atoms with Crippen LogP contribution in [0.2, 0.25) is 0 Å². The normalized spacial score (nSPS) is 18.1. The molecule has 1 atom stereocenters. The third-order valence-electron chi connectivity index (χ3n) is 2.43. The summed E-state index contributed by atoms with van der Waals surface area (Å²) in [6, 6.07) is 8.01. The fourth-order valence-electron chi connectivity index (χ4n) is 1.71. The summed E-state index contributed by atoms with van der Waals surface area (Å²) in [6.07, 6.45) is 0. The molecular weight excluding hydrogens is 220 g/mol. The molecule has 1 aromatic rings. The molecule has 2 rings (SSSR count). The molecule has 1 unspecified atom stereocenters. The van der Waals surface area contributed by atoms with Gasteiger partial charge < -0.3 is 4.74 Å². The summed E-state index contributed by atoms with van der Waals surface area (Å²) in [4.78, 5) is 13.0. The lowest BCUT2D eigenvalue weighted by Crippen LogP contribution is -2.05. The molecule has 1 aromatic carbocycles. The average molecular weight is 234 g/mol. The highest BCUT2D eigenvalue weighted by Gasteiger charge is 2.22. The molecule has 84 valence electrons. The summed E-state index contributed by atoms with van der Waals surface area (Å²) in [5.74, 6) is -0.216. The van der Waals surface area contributed by atoms with E-state index in [2.05, 4.69) is 11.4 Å². The van der Waals surface area contributed by atoms with Gasteiger partial charge in [0, 0.05) is 10.5 Å². The van der Waals surface area contributed by atoms with Crippen molar-refractivity contribution >= 4 is 27.4 Å². The first-order chi connectivity index (χ1) is 7.77. The Morgan fingerprint density at radius 3 is 2.88 bits per heavy atom. The summed E-state index contributed by atoms with van der Waals surface area (Å²) in [5, 5.41) is 4.12. The first kappa shape index (κ1) is 11.1. The molecule has 0 bridgehead atoms. The predicted octanol–water partition coefficient (Wildman–Crippen LogP) is 3.05. The van der Waals surface area contributed by atoms with Crippen molar-refractivity contribution in [1.82, 2.24) is 0 Å². The van der Waals surface area contributed by atoms with Gasteiger partial charge >= 0.3 is 5.97 Å². The van der Waals surface area contributed by atoms with E-state index in [9.17, 15) is 4.79 Å². The Kier molecular flexibility index (Phi) is 3.25. The second-order valence-corrected chi connectivity index (χ2v) is 5.25. The molecule has 0 amide bonds. The zero-order valence-electron chi connectivity index (χ0n) is 9.40. The van der Waals surface area contributed by atoms with Gasteiger partial charge in [-0.25, -0.2) is 4.79 Å². The molecule has 16 heavy (non-hydrogen) atoms. The Morgan fingerprint density at radius 2 is 2.19 bits per heavy atom. The van der Waals surface area contributed by atoms with Gasteiger partial charge in [0.25, 0.3) is 0 Å². The summed E-state index contributed by atoms with van der Waals surface area (Å²) in [7, 11) is -0.0513. The maximum Gasteiger partial charge on any atom is 0.339 e. The molecule has 1 heterocycles. The first-order valence-electron chi connectivity index (χ1n) is 5.27. The number of rotatable bonds is 2. The van der Waals surface area contributed by atoms with E-state index in [1.54, 1.807) is 0 Å². The topological polar surface area (TPSA) is 26.3 Å². The van der Waals surface area contributed by atoms with Gasteiger partial charge in [-0.05, 0) is 25.3 Å². The molecule has 0 fully saturated rings. The molecule has 2 nitrogen and oxygen atoms in total. The number of carbonyl (C=O) groups excluding carboxylic acids is 1. The number of ether oxygens (including phenoxy) is 1. The lowest BCUT2D eigenvalue weighted by molar-refractivity contribution is -0.136. The van der Waals surface area contributed by atoms with Crippen LogP contribution in [-0.2, 0) is 9.53 Å². The molecule has 0 aliphatic carbocycles. The molecule has 1 aliphatic heterocycles. The quantitative estimate of drug-likeness (QED) is 0.580. The van der Waals surface area contributed by atoms with Crippen LogP contribution in [0.3, 0.4) is 0 Å². The second kappa shape index (κ2) is 4.66. The van der Waals surface area contributed by atoms with Gasteiger partial charge in [-0.1, -0.05) is 23.6 Å². The SMILES string of the molecule is CC=S1C=C(C(=O)OCC)c2ccccc21. The molecule has 0 radical (unpaired) electrons. The molecule has 0 aromatic heterocycles. The third kappa shape index (κ3) is 1.83. The van der Waals surface area contributed by atoms with E-state index in [1.165, 1.54) is 4.90 Å². The highest BCUT2D eigenvalue weighted by Crippen LogP contribution is 2.43. The van der Waals surface area contributed by atoms with Crippen LogP contribution in [0, 0.1) is 0 Å². The molecule has 0 saturated carbocycles. The van der Waals surface area contributed by atoms with E-state index < -0.39 is 0 Å². The zero-order valence-corrected chi connectivity index (χ0v) is 10.2. The van der Waals surface area contributed by atoms with Gasteiger partial charge in [-0.2, -0.15) is 0 Å². The van der Waals surface area contributed by atoms with E-state index in [4.69, 9.17) is 4.74 Å². The predicted molar refractivity (Wildman–Crippen MR) is 68.6 cm³/mol. The largest absolute Gasteiger partial charge is 0.462 e. The van der Waals surface area contributed by atoms with Crippen LogP contribution in [0.15, 0.2) is 34.6 Å². The Morgan fingerprint density at radius 1 is 1.44 bits per heavy atom. The highest BCUT2D eigenvalue weighted by atomic mass is 32.2. The van der Waals surface area contributed by atoms with Crippen molar-refractivity contribution in [3.8, 4) is 0 Å². The van der Waals surface area contributed by atoms with Crippen LogP contribution in [0.5, 0.6) is 0 Å². The maximum atomic E-state index is 11.8. The second-order valence-electron chi connectivity index (χ2n) is 3.36. The van der Waals surface area contributed by atoms with Crippen LogP contribution in [0.1, 0.15) is 19.4 Å². The molecular formula is C13H14O2S. The lowest BCUT2D eigenvalue weighted by Gasteiger charge is -2.04. The first-order valence-corrected chi connectivity index (χ1v) is 6.62. The fraction of sp³-hybridized carbons (Fsp3) is 0.231. The summed E-state index contributed by atoms with van der Waals surface area (Å²) >= 11 is 0. The van der Waals surface area contributed by atoms with Crippen molar-refractivity contribution in [1.29, 1.82) is 0 Å². The number of fused-ring (bicyclic) bond motifs is 1. The van der Waals surface area contributed by atoms with Gasteiger partial charge in [0.2, 0.25) is 0 Å². The van der Waals surface area contributed by atoms with Crippen LogP contribution in [-0.4, -0.2) is 17.9 Å². The molecule has 0 N–H and O–H groups in total. The van der Waals surface area contributed by atoms with Crippen molar-refractivity contribution in [2.24, 2.45) is 0 Å². The summed E-state index contributed by atoms with van der Waals surface area (Å²) in [6.45, 7) is 4.26. The van der Waals surface area contributed by atoms with Gasteiger partial charge in [0.15, 0.2) is 0 Å². The van der Waals surface area contributed by atoms with Crippen molar-refractivity contribution < 1.29 is 9.53 Å². The van der Waals surface area contributed by atoms with Crippen LogP contribution in [0.25, 0.3) is 5.57 Å². The van der Waals surface area contributed by atoms with Crippen LogP contribution >= 0.6 is 10.5 Å². The molecule has 0 spiro atoms. The Bertz CT molecular complexity index is 486. The van der Waals surface area contributed by atoms with Gasteiger partial charge in [0.1, 0.15) is 0 Å². The Hall–Kier alpha value is -1.35. The molecule has 3 heteroatoms. The fourth-order valence-corrected chi connectivity index (χ4v) is 3.37. The van der Waals surface area contributed by atoms with E-state index in [0.29, 0.717) is 12.2 Å². The van der Waals surface area contributed by atoms with Crippen molar-refractivity contribution in [2.45, 2.75) is 18.7 Å². The van der Waals surface area contributed by atoms with Crippen molar-refractivity contribution in [3.05, 3.63) is 35.2 Å². The molecule has 0 saturated heterocycles. The summed E-state index contributed by atoms with van der Waals surface area (Å²) < 4.78 is 5.06. The van der Waals surface area contributed by atoms with Crippen molar-refractivity contribution in [2.75, 3.05) is 6.61 Å². The smallest absolute Gasteiger partial charge is 0.339 e. The minimum absolute atomic E-state index is 0.0513. The number of carbonyl (C=O) groups is 1. The van der Waals surface area contributed by atoms with E-state index >= 15 is 0 Å². The van der Waals surface area contributed by atoms with Gasteiger partial charge in [-0.15, -0.1) is 10.5 Å². The standard InChI is InChI=1S/C13H14O2S/c1-3-15-13(14)11-9-16(4-2)12-8-6-5-7-10(11)12/h4-9H,3H2,1-2H3. The van der Waals surface area contributed by atoms with E-state index in [-0.39, 0.29) is 16.5 Å². The van der Waals surface area contributed by atoms with E-state index in [1.807, 2.05) is 37.5 Å². The average Bonchev–Trinajstić information content (AvgIpc) is 2.68. The maximum absolute atomic E-state index is 11.8. The number of hydrogen-bond donors (Lipinski definition) is 0. The third-order valence-corrected chi connectivity index (χ3v) is 4.29. The molecule has 1 aliphatic rings. The lowest BCUT2D eigenvalue weighted by atomic mass is 10.1. The Labute approximate surface area is 97.9 Å². The van der Waals surface area contributed by atoms with Crippen molar-refractivity contribution in [3.63, 3.8) is 0 Å². The minimum Gasteiger partial charge on any atom is -0.462 e. The number of benzene rings is 1. The van der Waals surface area contributed by atoms with Gasteiger partial charge in [-0.3, -0.25) is 0 Å². The van der Waals surface area contributed by atoms with E-state index in [0.717, 1.165) is 5.56 Å².